The van der Waals surface area contributed by atoms with Gasteiger partial charge in [0.2, 0.25) is 0 Å². The Kier molecular flexibility index (Phi) is 12.4. The van der Waals surface area contributed by atoms with Gasteiger partial charge in [0.25, 0.3) is 0 Å². The summed E-state index contributed by atoms with van der Waals surface area (Å²) in [6, 6.07) is 0. The zero-order chi connectivity index (χ0) is 12.1. The van der Waals surface area contributed by atoms with Crippen molar-refractivity contribution in [3.8, 4) is 0 Å². The molecular formula is C13H26O3. The van der Waals surface area contributed by atoms with E-state index in [9.17, 15) is 0 Å². The highest BCUT2D eigenvalue weighted by Crippen LogP contribution is 2.08. The summed E-state index contributed by atoms with van der Waals surface area (Å²) in [7, 11) is 0. The number of ether oxygens (including phenoxy) is 2. The van der Waals surface area contributed by atoms with E-state index in [1.165, 1.54) is 0 Å². The molecule has 0 heterocycles. The lowest BCUT2D eigenvalue weighted by Gasteiger charge is -2.16. The molecule has 0 aromatic heterocycles. The summed E-state index contributed by atoms with van der Waals surface area (Å²) >= 11 is 0. The third-order valence-corrected chi connectivity index (χ3v) is 2.23. The van der Waals surface area contributed by atoms with Crippen LogP contribution in [0.2, 0.25) is 0 Å². The molecule has 0 rings (SSSR count). The van der Waals surface area contributed by atoms with E-state index in [1.807, 2.05) is 19.9 Å². The second kappa shape index (κ2) is 12.7. The molecule has 0 aliphatic carbocycles. The Morgan fingerprint density at radius 3 is 2.19 bits per heavy atom. The van der Waals surface area contributed by atoms with E-state index in [0.717, 1.165) is 32.1 Å². The van der Waals surface area contributed by atoms with Gasteiger partial charge in [-0.25, -0.2) is 0 Å². The normalized spacial score (nSPS) is 11.8. The Morgan fingerprint density at radius 1 is 1.00 bits per heavy atom. The van der Waals surface area contributed by atoms with Crippen molar-refractivity contribution in [1.29, 1.82) is 0 Å². The Hall–Kier alpha value is -0.380. The molecule has 1 N–H and O–H groups in total. The molecule has 0 atom stereocenters. The highest BCUT2D eigenvalue weighted by atomic mass is 16.7. The molecule has 0 amide bonds. The van der Waals surface area contributed by atoms with E-state index in [4.69, 9.17) is 14.6 Å². The first-order valence-corrected chi connectivity index (χ1v) is 6.34. The lowest BCUT2D eigenvalue weighted by molar-refractivity contribution is -0.140. The molecule has 0 saturated heterocycles. The van der Waals surface area contributed by atoms with Crippen LogP contribution in [0.5, 0.6) is 0 Å². The Bertz CT molecular complexity index is 151. The standard InChI is InChI=1S/C13H26O3/c1-3-15-13(16-4-2)11-9-7-5-6-8-10-12-14/h6,8,13-14H,3-5,7,9-12H2,1-2H3/b8-6-. The predicted octanol–water partition coefficient (Wildman–Crippen LogP) is 2.88. The topological polar surface area (TPSA) is 38.7 Å². The molecule has 0 fully saturated rings. The Morgan fingerprint density at radius 2 is 1.62 bits per heavy atom. The van der Waals surface area contributed by atoms with Crippen LogP contribution in [0, 0.1) is 0 Å². The third kappa shape index (κ3) is 10.1. The summed E-state index contributed by atoms with van der Waals surface area (Å²) < 4.78 is 10.9. The summed E-state index contributed by atoms with van der Waals surface area (Å²) in [6.45, 7) is 5.64. The van der Waals surface area contributed by atoms with Crippen LogP contribution in [0.3, 0.4) is 0 Å². The number of aliphatic hydroxyl groups is 1. The molecule has 0 aliphatic heterocycles. The van der Waals surface area contributed by atoms with E-state index >= 15 is 0 Å². The molecule has 0 saturated carbocycles. The van der Waals surface area contributed by atoms with E-state index < -0.39 is 0 Å². The van der Waals surface area contributed by atoms with Crippen LogP contribution in [-0.4, -0.2) is 31.2 Å². The fraction of sp³-hybridized carbons (Fsp3) is 0.846. The SMILES string of the molecule is CCOC(CCCC/C=C\CCO)OCC. The van der Waals surface area contributed by atoms with Crippen LogP contribution in [0.25, 0.3) is 0 Å². The number of rotatable bonds is 11. The lowest BCUT2D eigenvalue weighted by Crippen LogP contribution is -2.17. The average molecular weight is 230 g/mol. The van der Waals surface area contributed by atoms with Gasteiger partial charge in [-0.2, -0.15) is 0 Å². The molecule has 3 heteroatoms. The molecule has 0 radical (unpaired) electrons. The van der Waals surface area contributed by atoms with Crippen molar-refractivity contribution >= 4 is 0 Å². The minimum atomic E-state index is -0.0311. The first kappa shape index (κ1) is 15.6. The molecule has 0 aliphatic rings. The van der Waals surface area contributed by atoms with Gasteiger partial charge in [0.15, 0.2) is 6.29 Å². The van der Waals surface area contributed by atoms with Gasteiger partial charge in [-0.05, 0) is 46.0 Å². The average Bonchev–Trinajstić information content (AvgIpc) is 2.28. The van der Waals surface area contributed by atoms with Gasteiger partial charge in [-0.3, -0.25) is 0 Å². The number of unbranched alkanes of at least 4 members (excludes halogenated alkanes) is 2. The molecule has 0 aromatic rings. The van der Waals surface area contributed by atoms with E-state index in [2.05, 4.69) is 6.08 Å². The van der Waals surface area contributed by atoms with E-state index in [-0.39, 0.29) is 12.9 Å². The highest BCUT2D eigenvalue weighted by molar-refractivity contribution is 4.80. The Labute approximate surface area is 99.5 Å². The van der Waals surface area contributed by atoms with Gasteiger partial charge in [-0.1, -0.05) is 12.2 Å². The quantitative estimate of drug-likeness (QED) is 0.337. The molecule has 0 unspecified atom stereocenters. The van der Waals surface area contributed by atoms with Gasteiger partial charge in [0.05, 0.1) is 0 Å². The first-order chi connectivity index (χ1) is 7.85. The maximum atomic E-state index is 8.58. The number of allylic oxidation sites excluding steroid dienone is 1. The van der Waals surface area contributed by atoms with Crippen LogP contribution in [0.15, 0.2) is 12.2 Å². The predicted molar refractivity (Wildman–Crippen MR) is 66.4 cm³/mol. The second-order valence-electron chi connectivity index (χ2n) is 3.61. The maximum Gasteiger partial charge on any atom is 0.157 e. The number of hydrogen-bond donors (Lipinski definition) is 1. The molecule has 96 valence electrons. The van der Waals surface area contributed by atoms with Crippen molar-refractivity contribution in [3.05, 3.63) is 12.2 Å². The minimum Gasteiger partial charge on any atom is -0.396 e. The van der Waals surface area contributed by atoms with E-state index in [1.54, 1.807) is 0 Å². The zero-order valence-corrected chi connectivity index (χ0v) is 10.7. The molecule has 3 nitrogen and oxygen atoms in total. The first-order valence-electron chi connectivity index (χ1n) is 6.34. The van der Waals surface area contributed by atoms with Crippen molar-refractivity contribution in [2.75, 3.05) is 19.8 Å². The van der Waals surface area contributed by atoms with Crippen LogP contribution in [0.1, 0.15) is 46.0 Å². The van der Waals surface area contributed by atoms with Crippen molar-refractivity contribution < 1.29 is 14.6 Å². The minimum absolute atomic E-state index is 0.0311. The van der Waals surface area contributed by atoms with Crippen LogP contribution < -0.4 is 0 Å². The van der Waals surface area contributed by atoms with Gasteiger partial charge in [0.1, 0.15) is 0 Å². The fourth-order valence-corrected chi connectivity index (χ4v) is 1.47. The van der Waals surface area contributed by atoms with E-state index in [0.29, 0.717) is 13.2 Å². The summed E-state index contributed by atoms with van der Waals surface area (Å²) in [5.74, 6) is 0. The van der Waals surface area contributed by atoms with Crippen molar-refractivity contribution in [2.24, 2.45) is 0 Å². The van der Waals surface area contributed by atoms with Crippen LogP contribution in [-0.2, 0) is 9.47 Å². The zero-order valence-electron chi connectivity index (χ0n) is 10.7. The number of hydrogen-bond acceptors (Lipinski definition) is 3. The smallest absolute Gasteiger partial charge is 0.157 e. The summed E-state index contributed by atoms with van der Waals surface area (Å²) in [5, 5.41) is 8.58. The van der Waals surface area contributed by atoms with Crippen LogP contribution in [0.4, 0.5) is 0 Å². The largest absolute Gasteiger partial charge is 0.396 e. The monoisotopic (exact) mass is 230 g/mol. The molecule has 0 spiro atoms. The molecule has 0 bridgehead atoms. The van der Waals surface area contributed by atoms with Gasteiger partial charge >= 0.3 is 0 Å². The molecule has 16 heavy (non-hydrogen) atoms. The van der Waals surface area contributed by atoms with Crippen molar-refractivity contribution in [3.63, 3.8) is 0 Å². The fourth-order valence-electron chi connectivity index (χ4n) is 1.47. The third-order valence-electron chi connectivity index (χ3n) is 2.23. The lowest BCUT2D eigenvalue weighted by atomic mass is 10.2. The van der Waals surface area contributed by atoms with Crippen molar-refractivity contribution in [1.82, 2.24) is 0 Å². The highest BCUT2D eigenvalue weighted by Gasteiger charge is 2.06. The van der Waals surface area contributed by atoms with Crippen molar-refractivity contribution in [2.45, 2.75) is 52.2 Å². The summed E-state index contributed by atoms with van der Waals surface area (Å²) in [4.78, 5) is 0. The van der Waals surface area contributed by atoms with Crippen LogP contribution >= 0.6 is 0 Å². The summed E-state index contributed by atoms with van der Waals surface area (Å²) in [6.07, 6.45) is 9.21. The molecule has 0 aromatic carbocycles. The second-order valence-corrected chi connectivity index (χ2v) is 3.61. The maximum absolute atomic E-state index is 8.58. The van der Waals surface area contributed by atoms with Gasteiger partial charge in [0, 0.05) is 19.8 Å². The molecular weight excluding hydrogens is 204 g/mol. The van der Waals surface area contributed by atoms with Gasteiger partial charge in [-0.15, -0.1) is 0 Å². The summed E-state index contributed by atoms with van der Waals surface area (Å²) in [5.41, 5.74) is 0. The number of aliphatic hydroxyl groups excluding tert-OH is 1. The Balaban J connectivity index is 3.39. The van der Waals surface area contributed by atoms with Gasteiger partial charge < -0.3 is 14.6 Å².